The largest absolute Gasteiger partial charge is 0.497 e. The molecule has 2 aromatic carbocycles. The monoisotopic (exact) mass is 256 g/mol. The molecule has 0 spiro atoms. The fourth-order valence-corrected chi connectivity index (χ4v) is 2.08. The molecule has 0 bridgehead atoms. The van der Waals surface area contributed by atoms with E-state index >= 15 is 0 Å². The number of hydrogen-bond donors (Lipinski definition) is 2. The molecule has 0 aliphatic carbocycles. The van der Waals surface area contributed by atoms with Gasteiger partial charge < -0.3 is 15.8 Å². The normalized spacial score (nSPS) is 11.9. The van der Waals surface area contributed by atoms with E-state index in [4.69, 9.17) is 10.5 Å². The first-order chi connectivity index (χ1) is 9.11. The number of rotatable bonds is 4. The third-order valence-electron chi connectivity index (χ3n) is 3.28. The van der Waals surface area contributed by atoms with E-state index in [1.807, 2.05) is 24.3 Å². The predicted molar refractivity (Wildman–Crippen MR) is 80.6 cm³/mol. The van der Waals surface area contributed by atoms with Crippen LogP contribution in [0.2, 0.25) is 0 Å². The van der Waals surface area contributed by atoms with E-state index in [-0.39, 0.29) is 6.04 Å². The molecule has 1 atom stereocenters. The number of para-hydroxylation sites is 1. The number of nitrogens with two attached hydrogens (primary N) is 1. The first-order valence-electron chi connectivity index (χ1n) is 6.37. The number of hydrogen-bond acceptors (Lipinski definition) is 3. The van der Waals surface area contributed by atoms with Crippen LogP contribution in [0.1, 0.15) is 24.1 Å². The van der Waals surface area contributed by atoms with Gasteiger partial charge in [-0.15, -0.1) is 0 Å². The highest BCUT2D eigenvalue weighted by Crippen LogP contribution is 2.28. The molecule has 0 aromatic heterocycles. The maximum Gasteiger partial charge on any atom is 0.118 e. The van der Waals surface area contributed by atoms with Crippen LogP contribution in [0.5, 0.6) is 5.75 Å². The number of nitrogens with one attached hydrogen (secondary N) is 1. The highest BCUT2D eigenvalue weighted by molar-refractivity contribution is 5.70. The van der Waals surface area contributed by atoms with Gasteiger partial charge in [0.15, 0.2) is 0 Å². The first kappa shape index (κ1) is 13.3. The van der Waals surface area contributed by atoms with Crippen molar-refractivity contribution in [2.45, 2.75) is 19.9 Å². The molecule has 0 fully saturated rings. The number of ether oxygens (including phenoxy) is 1. The van der Waals surface area contributed by atoms with Crippen LogP contribution >= 0.6 is 0 Å². The van der Waals surface area contributed by atoms with Crippen LogP contribution in [0, 0.1) is 6.92 Å². The minimum atomic E-state index is 0.189. The fourth-order valence-electron chi connectivity index (χ4n) is 2.08. The van der Waals surface area contributed by atoms with Crippen LogP contribution in [0.15, 0.2) is 42.5 Å². The summed E-state index contributed by atoms with van der Waals surface area (Å²) in [6.45, 7) is 4.17. The molecule has 0 saturated carbocycles. The Balaban J connectivity index is 2.18. The van der Waals surface area contributed by atoms with E-state index in [0.29, 0.717) is 0 Å². The van der Waals surface area contributed by atoms with E-state index in [9.17, 15) is 0 Å². The third-order valence-corrected chi connectivity index (χ3v) is 3.28. The summed E-state index contributed by atoms with van der Waals surface area (Å²) >= 11 is 0. The Morgan fingerprint density at radius 3 is 2.37 bits per heavy atom. The minimum Gasteiger partial charge on any atom is -0.497 e. The second-order valence-electron chi connectivity index (χ2n) is 4.68. The maximum absolute atomic E-state index is 6.01. The number of nitrogen functional groups attached to an aromatic ring is 1. The molecule has 0 saturated heterocycles. The van der Waals surface area contributed by atoms with E-state index < -0.39 is 0 Å². The maximum atomic E-state index is 6.01. The predicted octanol–water partition coefficient (Wildman–Crippen LogP) is 3.76. The quantitative estimate of drug-likeness (QED) is 0.819. The van der Waals surface area contributed by atoms with Crippen molar-refractivity contribution in [3.63, 3.8) is 0 Å². The Hall–Kier alpha value is -2.16. The second-order valence-corrected chi connectivity index (χ2v) is 4.68. The van der Waals surface area contributed by atoms with Crippen molar-refractivity contribution >= 4 is 11.4 Å². The van der Waals surface area contributed by atoms with Crippen LogP contribution < -0.4 is 15.8 Å². The lowest BCUT2D eigenvalue weighted by molar-refractivity contribution is 0.414. The number of anilines is 2. The Labute approximate surface area is 114 Å². The minimum absolute atomic E-state index is 0.189. The molecule has 3 N–H and O–H groups in total. The Bertz CT molecular complexity index is 529. The lowest BCUT2D eigenvalue weighted by Crippen LogP contribution is -2.09. The zero-order valence-corrected chi connectivity index (χ0v) is 11.6. The number of methoxy groups -OCH3 is 1. The van der Waals surface area contributed by atoms with Gasteiger partial charge in [0.2, 0.25) is 0 Å². The van der Waals surface area contributed by atoms with E-state index in [2.05, 4.69) is 37.4 Å². The highest BCUT2D eigenvalue weighted by Gasteiger charge is 2.09. The van der Waals surface area contributed by atoms with Gasteiger partial charge in [-0.2, -0.15) is 0 Å². The van der Waals surface area contributed by atoms with Gasteiger partial charge in [-0.05, 0) is 43.2 Å². The molecule has 3 nitrogen and oxygen atoms in total. The molecule has 0 radical (unpaired) electrons. The summed E-state index contributed by atoms with van der Waals surface area (Å²) in [5.74, 6) is 0.867. The van der Waals surface area contributed by atoms with E-state index in [0.717, 1.165) is 22.7 Å². The summed E-state index contributed by atoms with van der Waals surface area (Å²) in [5, 5.41) is 3.47. The average Bonchev–Trinajstić information content (AvgIpc) is 2.43. The third kappa shape index (κ3) is 2.99. The van der Waals surface area contributed by atoms with Gasteiger partial charge in [0, 0.05) is 6.04 Å². The van der Waals surface area contributed by atoms with Gasteiger partial charge in [-0.25, -0.2) is 0 Å². The molecule has 100 valence electrons. The molecule has 0 aliphatic heterocycles. The molecule has 0 amide bonds. The highest BCUT2D eigenvalue weighted by atomic mass is 16.5. The van der Waals surface area contributed by atoms with Crippen LogP contribution in [-0.4, -0.2) is 7.11 Å². The number of benzene rings is 2. The first-order valence-corrected chi connectivity index (χ1v) is 6.37. The summed E-state index contributed by atoms with van der Waals surface area (Å²) in [7, 11) is 1.67. The Kier molecular flexibility index (Phi) is 3.95. The topological polar surface area (TPSA) is 47.3 Å². The molecule has 3 heteroatoms. The van der Waals surface area contributed by atoms with Crippen molar-refractivity contribution in [2.75, 3.05) is 18.2 Å². The summed E-state index contributed by atoms with van der Waals surface area (Å²) in [6.07, 6.45) is 0. The lowest BCUT2D eigenvalue weighted by atomic mass is 10.1. The molecular weight excluding hydrogens is 236 g/mol. The summed E-state index contributed by atoms with van der Waals surface area (Å²) in [6, 6.07) is 14.2. The zero-order chi connectivity index (χ0) is 13.8. The van der Waals surface area contributed by atoms with Gasteiger partial charge in [-0.1, -0.05) is 24.3 Å². The summed E-state index contributed by atoms with van der Waals surface area (Å²) in [4.78, 5) is 0. The van der Waals surface area contributed by atoms with E-state index in [1.165, 1.54) is 5.56 Å². The standard InChI is InChI=1S/C16H20N2O/c1-11-5-4-6-15(17)16(11)18-12(2)13-7-9-14(19-3)10-8-13/h4-10,12,18H,17H2,1-3H3. The van der Waals surface area contributed by atoms with Crippen LogP contribution in [0.3, 0.4) is 0 Å². The molecule has 1 unspecified atom stereocenters. The lowest BCUT2D eigenvalue weighted by Gasteiger charge is -2.19. The van der Waals surface area contributed by atoms with Crippen molar-refractivity contribution in [2.24, 2.45) is 0 Å². The van der Waals surface area contributed by atoms with Crippen molar-refractivity contribution < 1.29 is 4.74 Å². The van der Waals surface area contributed by atoms with Crippen LogP contribution in [0.4, 0.5) is 11.4 Å². The van der Waals surface area contributed by atoms with Gasteiger partial charge in [0.05, 0.1) is 18.5 Å². The zero-order valence-electron chi connectivity index (χ0n) is 11.6. The number of aryl methyl sites for hydroxylation is 1. The van der Waals surface area contributed by atoms with Gasteiger partial charge in [-0.3, -0.25) is 0 Å². The van der Waals surface area contributed by atoms with Crippen molar-refractivity contribution in [3.05, 3.63) is 53.6 Å². The van der Waals surface area contributed by atoms with Crippen LogP contribution in [0.25, 0.3) is 0 Å². The van der Waals surface area contributed by atoms with Gasteiger partial charge in [0.25, 0.3) is 0 Å². The fraction of sp³-hybridized carbons (Fsp3) is 0.250. The Morgan fingerprint density at radius 1 is 1.11 bits per heavy atom. The van der Waals surface area contributed by atoms with Crippen LogP contribution in [-0.2, 0) is 0 Å². The molecule has 19 heavy (non-hydrogen) atoms. The second kappa shape index (κ2) is 5.65. The van der Waals surface area contributed by atoms with Crippen molar-refractivity contribution in [1.82, 2.24) is 0 Å². The molecular formula is C16H20N2O. The molecule has 2 rings (SSSR count). The average molecular weight is 256 g/mol. The summed E-state index contributed by atoms with van der Waals surface area (Å²) in [5.41, 5.74) is 10.1. The van der Waals surface area contributed by atoms with Gasteiger partial charge in [0.1, 0.15) is 5.75 Å². The van der Waals surface area contributed by atoms with Crippen molar-refractivity contribution in [3.8, 4) is 5.75 Å². The van der Waals surface area contributed by atoms with E-state index in [1.54, 1.807) is 7.11 Å². The molecule has 0 heterocycles. The van der Waals surface area contributed by atoms with Gasteiger partial charge >= 0.3 is 0 Å². The SMILES string of the molecule is COc1ccc(C(C)Nc2c(C)cccc2N)cc1. The molecule has 0 aliphatic rings. The smallest absolute Gasteiger partial charge is 0.118 e. The Morgan fingerprint density at radius 2 is 1.79 bits per heavy atom. The van der Waals surface area contributed by atoms with Crippen molar-refractivity contribution in [1.29, 1.82) is 0 Å². The summed E-state index contributed by atoms with van der Waals surface area (Å²) < 4.78 is 5.17. The molecule has 2 aromatic rings.